The molecule has 0 heterocycles. The van der Waals surface area contributed by atoms with Gasteiger partial charge in [0.25, 0.3) is 0 Å². The van der Waals surface area contributed by atoms with Crippen molar-refractivity contribution in [3.05, 3.63) is 72.9 Å². The Morgan fingerprint density at radius 1 is 0.458 bits per heavy atom. The van der Waals surface area contributed by atoms with E-state index in [4.69, 9.17) is 0 Å². The molecule has 1 saturated carbocycles. The maximum atomic E-state index is 2.66. The average molecular weight is 663 g/mol. The summed E-state index contributed by atoms with van der Waals surface area (Å²) in [6.45, 7) is 13.4. The van der Waals surface area contributed by atoms with Crippen LogP contribution in [0.5, 0.6) is 0 Å². The second-order valence-corrected chi connectivity index (χ2v) is 14.5. The first-order valence-corrected chi connectivity index (χ1v) is 21.6. The van der Waals surface area contributed by atoms with E-state index in [1.807, 2.05) is 13.8 Å². The summed E-state index contributed by atoms with van der Waals surface area (Å²) in [4.78, 5) is 0. The van der Waals surface area contributed by atoms with E-state index in [0.717, 1.165) is 50.4 Å². The lowest BCUT2D eigenvalue weighted by molar-refractivity contribution is 0.139. The monoisotopic (exact) mass is 663 g/mol. The quantitative estimate of drug-likeness (QED) is 0.0512. The molecule has 1 fully saturated rings. The van der Waals surface area contributed by atoms with Crippen molar-refractivity contribution >= 4 is 0 Å². The third-order valence-electron chi connectivity index (χ3n) is 10.8. The fourth-order valence-corrected chi connectivity index (χ4v) is 7.69. The summed E-state index contributed by atoms with van der Waals surface area (Å²) < 4.78 is 0. The Morgan fingerprint density at radius 2 is 0.833 bits per heavy atom. The van der Waals surface area contributed by atoms with Crippen molar-refractivity contribution < 1.29 is 0 Å². The number of hydrogen-bond donors (Lipinski definition) is 0. The summed E-state index contributed by atoms with van der Waals surface area (Å²) in [5.41, 5.74) is 0.662. The SMILES string of the molecule is CC.CC/C=C\C/C=C\C/C=C\CCCCCCCCC1(CCCCCCCC/C=C\C/C=C\C/C=C\CC)CCC(CCCC)C1C. The van der Waals surface area contributed by atoms with Crippen LogP contribution in [0, 0.1) is 17.3 Å². The minimum absolute atomic E-state index is 0.662. The molecular formula is C48H86. The molecule has 0 bridgehead atoms. The maximum Gasteiger partial charge on any atom is -0.0169 e. The minimum Gasteiger partial charge on any atom is -0.0885 e. The summed E-state index contributed by atoms with van der Waals surface area (Å²) in [6, 6.07) is 0. The normalized spacial score (nSPS) is 18.1. The molecule has 0 aromatic rings. The van der Waals surface area contributed by atoms with Gasteiger partial charge in [0, 0.05) is 0 Å². The van der Waals surface area contributed by atoms with E-state index < -0.39 is 0 Å². The van der Waals surface area contributed by atoms with Gasteiger partial charge in [-0.15, -0.1) is 0 Å². The average Bonchev–Trinajstić information content (AvgIpc) is 3.41. The first-order chi connectivity index (χ1) is 23.7. The predicted octanol–water partition coefficient (Wildman–Crippen LogP) is 17.2. The summed E-state index contributed by atoms with van der Waals surface area (Å²) in [5.74, 6) is 1.95. The Kier molecular flexibility index (Phi) is 35.5. The third kappa shape index (κ3) is 26.3. The lowest BCUT2D eigenvalue weighted by Gasteiger charge is -2.36. The van der Waals surface area contributed by atoms with Crippen LogP contribution in [0.25, 0.3) is 0 Å². The van der Waals surface area contributed by atoms with Crippen molar-refractivity contribution in [2.75, 3.05) is 0 Å². The van der Waals surface area contributed by atoms with Gasteiger partial charge >= 0.3 is 0 Å². The van der Waals surface area contributed by atoms with Crippen molar-refractivity contribution in [2.45, 2.75) is 215 Å². The maximum absolute atomic E-state index is 2.66. The van der Waals surface area contributed by atoms with Crippen molar-refractivity contribution in [3.8, 4) is 0 Å². The Hall–Kier alpha value is -1.56. The highest BCUT2D eigenvalue weighted by molar-refractivity contribution is 4.98. The van der Waals surface area contributed by atoms with E-state index in [9.17, 15) is 0 Å². The highest BCUT2D eigenvalue weighted by Crippen LogP contribution is 2.54. The lowest BCUT2D eigenvalue weighted by Crippen LogP contribution is -2.26. The molecule has 1 rings (SSSR count). The molecule has 0 spiro atoms. The largest absolute Gasteiger partial charge is 0.0885 e. The van der Waals surface area contributed by atoms with E-state index in [1.54, 1.807) is 0 Å². The molecule has 0 saturated heterocycles. The van der Waals surface area contributed by atoms with Crippen LogP contribution in [0.1, 0.15) is 215 Å². The summed E-state index contributed by atoms with van der Waals surface area (Å²) in [7, 11) is 0. The molecule has 2 unspecified atom stereocenters. The van der Waals surface area contributed by atoms with Gasteiger partial charge in [0.15, 0.2) is 0 Å². The van der Waals surface area contributed by atoms with E-state index in [1.165, 1.54) is 135 Å². The Bertz CT molecular complexity index is 763. The molecule has 0 heteroatoms. The number of allylic oxidation sites excluding steroid dienone is 12. The highest BCUT2D eigenvalue weighted by atomic mass is 14.5. The molecule has 2 atom stereocenters. The molecule has 0 nitrogen and oxygen atoms in total. The van der Waals surface area contributed by atoms with Gasteiger partial charge in [0.2, 0.25) is 0 Å². The zero-order chi connectivity index (χ0) is 35.2. The van der Waals surface area contributed by atoms with Crippen molar-refractivity contribution in [1.82, 2.24) is 0 Å². The zero-order valence-electron chi connectivity index (χ0n) is 33.7. The summed E-state index contributed by atoms with van der Waals surface area (Å²) in [5, 5.41) is 0. The second kappa shape index (κ2) is 36.7. The number of hydrogen-bond acceptors (Lipinski definition) is 0. The molecule has 0 aromatic heterocycles. The van der Waals surface area contributed by atoms with Gasteiger partial charge in [0.05, 0.1) is 0 Å². The van der Waals surface area contributed by atoms with Crippen molar-refractivity contribution in [3.63, 3.8) is 0 Å². The first-order valence-electron chi connectivity index (χ1n) is 21.6. The van der Waals surface area contributed by atoms with Gasteiger partial charge in [-0.3, -0.25) is 0 Å². The molecule has 48 heavy (non-hydrogen) atoms. The van der Waals surface area contributed by atoms with Gasteiger partial charge in [-0.25, -0.2) is 0 Å². The van der Waals surface area contributed by atoms with Crippen LogP contribution in [0.15, 0.2) is 72.9 Å². The molecule has 1 aliphatic carbocycles. The molecular weight excluding hydrogens is 577 g/mol. The lowest BCUT2D eigenvalue weighted by atomic mass is 9.69. The van der Waals surface area contributed by atoms with Gasteiger partial charge in [-0.05, 0) is 107 Å². The van der Waals surface area contributed by atoms with Gasteiger partial charge in [-0.1, -0.05) is 198 Å². The fraction of sp³-hybridized carbons (Fsp3) is 0.750. The van der Waals surface area contributed by atoms with Crippen LogP contribution < -0.4 is 0 Å². The molecule has 0 aliphatic heterocycles. The number of rotatable bonds is 31. The second-order valence-electron chi connectivity index (χ2n) is 14.5. The highest BCUT2D eigenvalue weighted by Gasteiger charge is 2.44. The van der Waals surface area contributed by atoms with Crippen LogP contribution in [0.4, 0.5) is 0 Å². The smallest absolute Gasteiger partial charge is 0.0169 e. The first kappa shape index (κ1) is 46.4. The zero-order valence-corrected chi connectivity index (χ0v) is 33.7. The third-order valence-corrected chi connectivity index (χ3v) is 10.8. The topological polar surface area (TPSA) is 0 Å². The van der Waals surface area contributed by atoms with E-state index in [2.05, 4.69) is 101 Å². The van der Waals surface area contributed by atoms with Crippen LogP contribution >= 0.6 is 0 Å². The van der Waals surface area contributed by atoms with Crippen molar-refractivity contribution in [1.29, 1.82) is 0 Å². The van der Waals surface area contributed by atoms with Crippen LogP contribution in [-0.4, -0.2) is 0 Å². The van der Waals surface area contributed by atoms with Gasteiger partial charge in [0.1, 0.15) is 0 Å². The standard InChI is InChI=1S/C46H80.C2H6/c1-5-8-11-13-15-17-19-21-23-25-27-29-31-33-35-37-41-46(43-40-45(44(46)4)39-10-7-3)42-38-36-34-32-30-28-26-24-22-20-18-16-14-12-9-6-2;1-2/h8-9,11-12,15-18,21-24,44-45H,5-7,10,13-14,19-20,25-43H2,1-4H3;1-2H3/b11-8-,12-9-,17-15-,18-16-,23-21-,24-22-;. The van der Waals surface area contributed by atoms with Crippen molar-refractivity contribution in [2.24, 2.45) is 17.3 Å². The fourth-order valence-electron chi connectivity index (χ4n) is 7.69. The van der Waals surface area contributed by atoms with Crippen LogP contribution in [0.3, 0.4) is 0 Å². The van der Waals surface area contributed by atoms with Gasteiger partial charge < -0.3 is 0 Å². The Morgan fingerprint density at radius 3 is 1.25 bits per heavy atom. The van der Waals surface area contributed by atoms with E-state index in [0.29, 0.717) is 5.41 Å². The molecule has 0 N–H and O–H groups in total. The molecule has 278 valence electrons. The van der Waals surface area contributed by atoms with E-state index in [-0.39, 0.29) is 0 Å². The molecule has 0 amide bonds. The van der Waals surface area contributed by atoms with Gasteiger partial charge in [-0.2, -0.15) is 0 Å². The number of unbranched alkanes of at least 4 members (excludes halogenated alkanes) is 13. The Labute approximate surface area is 304 Å². The van der Waals surface area contributed by atoms with Crippen LogP contribution in [0.2, 0.25) is 0 Å². The molecule has 0 aromatic carbocycles. The molecule has 0 radical (unpaired) electrons. The van der Waals surface area contributed by atoms with E-state index >= 15 is 0 Å². The van der Waals surface area contributed by atoms with Crippen LogP contribution in [-0.2, 0) is 0 Å². The summed E-state index contributed by atoms with van der Waals surface area (Å²) in [6.07, 6.45) is 64.4. The summed E-state index contributed by atoms with van der Waals surface area (Å²) >= 11 is 0. The predicted molar refractivity (Wildman–Crippen MR) is 223 cm³/mol. The minimum atomic E-state index is 0.662. The molecule has 1 aliphatic rings. The Balaban J connectivity index is 0.0000108.